The summed E-state index contributed by atoms with van der Waals surface area (Å²) in [6, 6.07) is 0. The Labute approximate surface area is 137 Å². The molecule has 0 aromatic heterocycles. The number of hydrogen-bond donors (Lipinski definition) is 1. The van der Waals surface area contributed by atoms with Crippen molar-refractivity contribution in [1.82, 2.24) is 14.7 Å². The molecule has 4 nitrogen and oxygen atoms in total. The second kappa shape index (κ2) is 7.68. The van der Waals surface area contributed by atoms with Crippen molar-refractivity contribution < 1.29 is 18.3 Å². The van der Waals surface area contributed by atoms with Crippen molar-refractivity contribution >= 4 is 0 Å². The SMILES string of the molecule is CN1CCN(CC2(C)CCN(CC(O)CC(F)(F)F)CC2)CC1. The molecule has 0 amide bonds. The number of hydrogen-bond acceptors (Lipinski definition) is 4. The summed E-state index contributed by atoms with van der Waals surface area (Å²) in [5, 5.41) is 9.58. The number of piperidine rings is 1. The van der Waals surface area contributed by atoms with E-state index >= 15 is 0 Å². The molecule has 1 N–H and O–H groups in total. The lowest BCUT2D eigenvalue weighted by Crippen LogP contribution is -2.51. The topological polar surface area (TPSA) is 30.0 Å². The number of likely N-dealkylation sites (N-methyl/N-ethyl adjacent to an activating group) is 1. The predicted molar refractivity (Wildman–Crippen MR) is 84.4 cm³/mol. The van der Waals surface area contributed by atoms with Crippen LogP contribution >= 0.6 is 0 Å². The number of aliphatic hydroxyl groups is 1. The summed E-state index contributed by atoms with van der Waals surface area (Å²) in [6.45, 7) is 9.44. The molecule has 2 saturated heterocycles. The minimum atomic E-state index is -4.29. The monoisotopic (exact) mass is 337 g/mol. The summed E-state index contributed by atoms with van der Waals surface area (Å²) in [4.78, 5) is 6.82. The van der Waals surface area contributed by atoms with Gasteiger partial charge in [0.05, 0.1) is 12.5 Å². The molecule has 0 bridgehead atoms. The molecule has 0 aromatic carbocycles. The molecule has 0 aromatic rings. The van der Waals surface area contributed by atoms with E-state index in [-0.39, 0.29) is 12.0 Å². The van der Waals surface area contributed by atoms with Crippen LogP contribution in [0.3, 0.4) is 0 Å². The van der Waals surface area contributed by atoms with Gasteiger partial charge in [0.15, 0.2) is 0 Å². The molecule has 0 radical (unpaired) electrons. The van der Waals surface area contributed by atoms with E-state index < -0.39 is 18.7 Å². The van der Waals surface area contributed by atoms with Gasteiger partial charge in [0.1, 0.15) is 0 Å². The van der Waals surface area contributed by atoms with E-state index in [1.54, 1.807) is 0 Å². The maximum absolute atomic E-state index is 12.3. The van der Waals surface area contributed by atoms with Crippen LogP contribution in [0.4, 0.5) is 13.2 Å². The fourth-order valence-electron chi connectivity index (χ4n) is 3.61. The highest BCUT2D eigenvalue weighted by atomic mass is 19.4. The van der Waals surface area contributed by atoms with Crippen LogP contribution in [-0.2, 0) is 0 Å². The summed E-state index contributed by atoms with van der Waals surface area (Å²) >= 11 is 0. The van der Waals surface area contributed by atoms with Crippen LogP contribution in [0.15, 0.2) is 0 Å². The van der Waals surface area contributed by atoms with Gasteiger partial charge in [0.2, 0.25) is 0 Å². The van der Waals surface area contributed by atoms with E-state index in [1.807, 2.05) is 4.90 Å². The zero-order chi connectivity index (χ0) is 17.1. The molecule has 7 heteroatoms. The number of alkyl halides is 3. The number of nitrogens with zero attached hydrogens (tertiary/aromatic N) is 3. The van der Waals surface area contributed by atoms with E-state index in [0.29, 0.717) is 0 Å². The van der Waals surface area contributed by atoms with Crippen molar-refractivity contribution in [2.75, 3.05) is 59.4 Å². The number of rotatable bonds is 5. The number of aliphatic hydroxyl groups excluding tert-OH is 1. The van der Waals surface area contributed by atoms with Gasteiger partial charge in [-0.1, -0.05) is 6.92 Å². The zero-order valence-corrected chi connectivity index (χ0v) is 14.3. The Hall–Kier alpha value is -0.370. The number of likely N-dealkylation sites (tertiary alicyclic amines) is 1. The van der Waals surface area contributed by atoms with Gasteiger partial charge in [0.25, 0.3) is 0 Å². The van der Waals surface area contributed by atoms with E-state index in [0.717, 1.165) is 58.7 Å². The normalized spacial score (nSPS) is 26.3. The molecule has 2 heterocycles. The molecule has 0 saturated carbocycles. The molecule has 23 heavy (non-hydrogen) atoms. The van der Waals surface area contributed by atoms with E-state index in [2.05, 4.69) is 23.8 Å². The highest BCUT2D eigenvalue weighted by molar-refractivity contribution is 4.87. The molecule has 1 atom stereocenters. The first-order valence-corrected chi connectivity index (χ1v) is 8.53. The lowest BCUT2D eigenvalue weighted by atomic mass is 9.79. The molecule has 0 aliphatic carbocycles. The van der Waals surface area contributed by atoms with Gasteiger partial charge in [-0.3, -0.25) is 0 Å². The van der Waals surface area contributed by atoms with Crippen LogP contribution in [0.5, 0.6) is 0 Å². The lowest BCUT2D eigenvalue weighted by Gasteiger charge is -2.44. The van der Waals surface area contributed by atoms with Crippen molar-refractivity contribution in [2.45, 2.75) is 38.5 Å². The first-order chi connectivity index (χ1) is 10.7. The Morgan fingerprint density at radius 1 is 1.00 bits per heavy atom. The Balaban J connectivity index is 1.72. The summed E-state index contributed by atoms with van der Waals surface area (Å²) in [5.74, 6) is 0. The molecule has 2 aliphatic rings. The fourth-order valence-corrected chi connectivity index (χ4v) is 3.61. The van der Waals surface area contributed by atoms with Crippen LogP contribution in [0.25, 0.3) is 0 Å². The molecule has 2 rings (SSSR count). The van der Waals surface area contributed by atoms with Gasteiger partial charge in [-0.2, -0.15) is 13.2 Å². The average Bonchev–Trinajstić information content (AvgIpc) is 2.42. The highest BCUT2D eigenvalue weighted by Gasteiger charge is 2.35. The molecule has 2 fully saturated rings. The standard InChI is InChI=1S/C16H30F3N3O/c1-15(13-22-9-7-20(2)8-10-22)3-5-21(6-4-15)12-14(23)11-16(17,18)19/h14,23H,3-13H2,1-2H3. The average molecular weight is 337 g/mol. The third-order valence-corrected chi connectivity index (χ3v) is 5.20. The van der Waals surface area contributed by atoms with Crippen molar-refractivity contribution in [1.29, 1.82) is 0 Å². The number of piperazine rings is 1. The smallest absolute Gasteiger partial charge is 0.391 e. The third kappa shape index (κ3) is 6.57. The Morgan fingerprint density at radius 3 is 2.09 bits per heavy atom. The predicted octanol–water partition coefficient (Wildman–Crippen LogP) is 1.65. The van der Waals surface area contributed by atoms with Crippen LogP contribution in [0.1, 0.15) is 26.2 Å². The minimum absolute atomic E-state index is 0.129. The maximum Gasteiger partial charge on any atom is 0.391 e. The van der Waals surface area contributed by atoms with E-state index in [9.17, 15) is 18.3 Å². The maximum atomic E-state index is 12.3. The molecule has 2 aliphatic heterocycles. The van der Waals surface area contributed by atoms with Gasteiger partial charge < -0.3 is 19.8 Å². The van der Waals surface area contributed by atoms with Gasteiger partial charge >= 0.3 is 6.18 Å². The Kier molecular flexibility index (Phi) is 6.33. The highest BCUT2D eigenvalue weighted by Crippen LogP contribution is 2.32. The van der Waals surface area contributed by atoms with Gasteiger partial charge in [-0.25, -0.2) is 0 Å². The number of β-amino-alcohol motifs (C(OH)–C–C–N with tert-alkyl or cyclic N) is 1. The van der Waals surface area contributed by atoms with Gasteiger partial charge in [-0.05, 0) is 38.4 Å². The second-order valence-corrected chi connectivity index (χ2v) is 7.66. The first-order valence-electron chi connectivity index (χ1n) is 8.53. The van der Waals surface area contributed by atoms with Crippen LogP contribution < -0.4 is 0 Å². The van der Waals surface area contributed by atoms with Gasteiger partial charge in [0, 0.05) is 39.3 Å². The van der Waals surface area contributed by atoms with Crippen LogP contribution in [0.2, 0.25) is 0 Å². The van der Waals surface area contributed by atoms with E-state index in [4.69, 9.17) is 0 Å². The third-order valence-electron chi connectivity index (χ3n) is 5.20. The Bertz CT molecular complexity index is 362. The largest absolute Gasteiger partial charge is 0.391 e. The minimum Gasteiger partial charge on any atom is -0.391 e. The lowest BCUT2D eigenvalue weighted by molar-refractivity contribution is -0.155. The Morgan fingerprint density at radius 2 is 1.57 bits per heavy atom. The molecular weight excluding hydrogens is 307 g/mol. The first kappa shape index (κ1) is 19.0. The van der Waals surface area contributed by atoms with Gasteiger partial charge in [-0.15, -0.1) is 0 Å². The van der Waals surface area contributed by atoms with E-state index in [1.165, 1.54) is 0 Å². The summed E-state index contributed by atoms with van der Waals surface area (Å²) in [7, 11) is 2.14. The molecule has 1 unspecified atom stereocenters. The molecular formula is C16H30F3N3O. The molecule has 0 spiro atoms. The van der Waals surface area contributed by atoms with Crippen molar-refractivity contribution in [3.8, 4) is 0 Å². The zero-order valence-electron chi connectivity index (χ0n) is 14.3. The van der Waals surface area contributed by atoms with Crippen molar-refractivity contribution in [3.05, 3.63) is 0 Å². The quantitative estimate of drug-likeness (QED) is 0.826. The van der Waals surface area contributed by atoms with Crippen molar-refractivity contribution in [2.24, 2.45) is 5.41 Å². The second-order valence-electron chi connectivity index (χ2n) is 7.66. The van der Waals surface area contributed by atoms with Crippen LogP contribution in [-0.4, -0.2) is 91.5 Å². The fraction of sp³-hybridized carbons (Fsp3) is 1.00. The summed E-state index contributed by atoms with van der Waals surface area (Å²) in [5.41, 5.74) is 0.237. The van der Waals surface area contributed by atoms with Crippen LogP contribution in [0, 0.1) is 5.41 Å². The summed E-state index contributed by atoms with van der Waals surface area (Å²) < 4.78 is 36.9. The molecule has 136 valence electrons. The summed E-state index contributed by atoms with van der Waals surface area (Å²) in [6.07, 6.45) is -4.74. The number of halogens is 3. The van der Waals surface area contributed by atoms with Crippen molar-refractivity contribution in [3.63, 3.8) is 0 Å².